The SMILES string of the molecule is O=C(NCCn1c(CCCl)nc2cc(Cl)ccc21)C1CC1. The summed E-state index contributed by atoms with van der Waals surface area (Å²) in [5, 5.41) is 3.65. The van der Waals surface area contributed by atoms with Crippen molar-refractivity contribution in [2.45, 2.75) is 25.8 Å². The Balaban J connectivity index is 1.77. The first-order valence-electron chi connectivity index (χ1n) is 7.17. The van der Waals surface area contributed by atoms with Crippen LogP contribution in [0.2, 0.25) is 5.02 Å². The molecule has 21 heavy (non-hydrogen) atoms. The van der Waals surface area contributed by atoms with Crippen LogP contribution in [0.4, 0.5) is 0 Å². The molecule has 4 nitrogen and oxygen atoms in total. The van der Waals surface area contributed by atoms with Gasteiger partial charge in [0.1, 0.15) is 5.82 Å². The van der Waals surface area contributed by atoms with Crippen LogP contribution < -0.4 is 5.32 Å². The summed E-state index contributed by atoms with van der Waals surface area (Å²) < 4.78 is 2.11. The molecule has 1 aromatic heterocycles. The van der Waals surface area contributed by atoms with Gasteiger partial charge >= 0.3 is 0 Å². The summed E-state index contributed by atoms with van der Waals surface area (Å²) in [6.45, 7) is 1.31. The van der Waals surface area contributed by atoms with Gasteiger partial charge in [0.25, 0.3) is 0 Å². The van der Waals surface area contributed by atoms with Gasteiger partial charge in [0.2, 0.25) is 5.91 Å². The van der Waals surface area contributed by atoms with Crippen molar-refractivity contribution >= 4 is 40.1 Å². The van der Waals surface area contributed by atoms with E-state index in [9.17, 15) is 4.79 Å². The van der Waals surface area contributed by atoms with Crippen LogP contribution in [0.1, 0.15) is 18.7 Å². The third kappa shape index (κ3) is 3.33. The Hall–Kier alpha value is -1.26. The van der Waals surface area contributed by atoms with Crippen molar-refractivity contribution in [1.29, 1.82) is 0 Å². The molecule has 1 fully saturated rings. The molecule has 1 aromatic carbocycles. The zero-order valence-electron chi connectivity index (χ0n) is 11.6. The summed E-state index contributed by atoms with van der Waals surface area (Å²) in [4.78, 5) is 16.3. The molecule has 2 aromatic rings. The summed E-state index contributed by atoms with van der Waals surface area (Å²) in [7, 11) is 0. The lowest BCUT2D eigenvalue weighted by atomic mass is 10.3. The maximum absolute atomic E-state index is 11.7. The lowest BCUT2D eigenvalue weighted by Gasteiger charge is -2.09. The van der Waals surface area contributed by atoms with E-state index in [2.05, 4.69) is 14.9 Å². The van der Waals surface area contributed by atoms with E-state index in [4.69, 9.17) is 23.2 Å². The maximum atomic E-state index is 11.7. The molecule has 1 amide bonds. The van der Waals surface area contributed by atoms with Gasteiger partial charge in [-0.05, 0) is 31.0 Å². The number of nitrogens with one attached hydrogen (secondary N) is 1. The number of amides is 1. The summed E-state index contributed by atoms with van der Waals surface area (Å²) >= 11 is 11.9. The number of alkyl halides is 1. The Kier molecular flexibility index (Phi) is 4.36. The van der Waals surface area contributed by atoms with Crippen LogP contribution in [0.5, 0.6) is 0 Å². The molecule has 0 aliphatic heterocycles. The number of aromatic nitrogens is 2. The molecule has 0 radical (unpaired) electrons. The predicted octanol–water partition coefficient (Wildman–Crippen LogP) is 3.00. The van der Waals surface area contributed by atoms with Gasteiger partial charge in [-0.25, -0.2) is 4.98 Å². The molecule has 1 saturated carbocycles. The summed E-state index contributed by atoms with van der Waals surface area (Å²) in [6, 6.07) is 5.67. The molecule has 0 unspecified atom stereocenters. The van der Waals surface area contributed by atoms with Crippen molar-refractivity contribution < 1.29 is 4.79 Å². The van der Waals surface area contributed by atoms with Gasteiger partial charge in [0, 0.05) is 36.3 Å². The fraction of sp³-hybridized carbons (Fsp3) is 0.467. The number of hydrogen-bond donors (Lipinski definition) is 1. The molecule has 6 heteroatoms. The lowest BCUT2D eigenvalue weighted by molar-refractivity contribution is -0.122. The van der Waals surface area contributed by atoms with Crippen LogP contribution >= 0.6 is 23.2 Å². The molecule has 112 valence electrons. The second kappa shape index (κ2) is 6.24. The first kappa shape index (κ1) is 14.7. The van der Waals surface area contributed by atoms with Gasteiger partial charge in [0.05, 0.1) is 11.0 Å². The standard InChI is InChI=1S/C15H17Cl2N3O/c16-6-5-14-19-12-9-11(17)3-4-13(12)20(14)8-7-18-15(21)10-1-2-10/h3-4,9-10H,1-2,5-8H2,(H,18,21). The van der Waals surface area contributed by atoms with Crippen LogP contribution in [0.15, 0.2) is 18.2 Å². The van der Waals surface area contributed by atoms with Crippen molar-refractivity contribution in [3.8, 4) is 0 Å². The van der Waals surface area contributed by atoms with Crippen molar-refractivity contribution in [2.75, 3.05) is 12.4 Å². The minimum atomic E-state index is 0.168. The number of fused-ring (bicyclic) bond motifs is 1. The van der Waals surface area contributed by atoms with E-state index in [-0.39, 0.29) is 11.8 Å². The molecule has 1 heterocycles. The van der Waals surface area contributed by atoms with Gasteiger partial charge in [-0.1, -0.05) is 11.6 Å². The van der Waals surface area contributed by atoms with E-state index in [1.54, 1.807) is 0 Å². The number of hydrogen-bond acceptors (Lipinski definition) is 2. The Bertz CT molecular complexity index is 664. The summed E-state index contributed by atoms with van der Waals surface area (Å²) in [6.07, 6.45) is 2.75. The van der Waals surface area contributed by atoms with Gasteiger partial charge in [-0.3, -0.25) is 4.79 Å². The number of carbonyl (C=O) groups excluding carboxylic acids is 1. The highest BCUT2D eigenvalue weighted by molar-refractivity contribution is 6.31. The molecule has 0 saturated heterocycles. The number of benzene rings is 1. The highest BCUT2D eigenvalue weighted by Crippen LogP contribution is 2.28. The largest absolute Gasteiger partial charge is 0.354 e. The van der Waals surface area contributed by atoms with E-state index in [0.717, 1.165) is 29.7 Å². The molecule has 1 aliphatic carbocycles. The minimum absolute atomic E-state index is 0.168. The Labute approximate surface area is 133 Å². The number of rotatable bonds is 6. The minimum Gasteiger partial charge on any atom is -0.354 e. The van der Waals surface area contributed by atoms with E-state index < -0.39 is 0 Å². The lowest BCUT2D eigenvalue weighted by Crippen LogP contribution is -2.28. The van der Waals surface area contributed by atoms with Crippen LogP contribution in [0.25, 0.3) is 11.0 Å². The van der Waals surface area contributed by atoms with E-state index in [1.807, 2.05) is 18.2 Å². The quantitative estimate of drug-likeness (QED) is 0.830. The predicted molar refractivity (Wildman–Crippen MR) is 84.9 cm³/mol. The van der Waals surface area contributed by atoms with E-state index in [0.29, 0.717) is 30.4 Å². The third-order valence-corrected chi connectivity index (χ3v) is 4.11. The normalized spacial score (nSPS) is 14.6. The van der Waals surface area contributed by atoms with Crippen molar-refractivity contribution in [3.63, 3.8) is 0 Å². The highest BCUT2D eigenvalue weighted by Gasteiger charge is 2.29. The number of imidazole rings is 1. The zero-order chi connectivity index (χ0) is 14.8. The molecule has 3 rings (SSSR count). The summed E-state index contributed by atoms with van der Waals surface area (Å²) in [5.41, 5.74) is 1.90. The van der Waals surface area contributed by atoms with Crippen LogP contribution in [-0.4, -0.2) is 27.9 Å². The second-order valence-electron chi connectivity index (χ2n) is 5.32. The Morgan fingerprint density at radius 1 is 1.43 bits per heavy atom. The van der Waals surface area contributed by atoms with Gasteiger partial charge in [-0.2, -0.15) is 0 Å². The van der Waals surface area contributed by atoms with Crippen LogP contribution in [0, 0.1) is 5.92 Å². The third-order valence-electron chi connectivity index (χ3n) is 3.69. The molecule has 0 spiro atoms. The van der Waals surface area contributed by atoms with E-state index >= 15 is 0 Å². The molecule has 1 aliphatic rings. The average molecular weight is 326 g/mol. The van der Waals surface area contributed by atoms with Crippen LogP contribution in [-0.2, 0) is 17.8 Å². The average Bonchev–Trinajstić information content (AvgIpc) is 3.24. The maximum Gasteiger partial charge on any atom is 0.223 e. The Morgan fingerprint density at radius 3 is 2.95 bits per heavy atom. The van der Waals surface area contributed by atoms with Gasteiger partial charge in [0.15, 0.2) is 0 Å². The molecule has 0 atom stereocenters. The Morgan fingerprint density at radius 2 is 2.24 bits per heavy atom. The number of halogens is 2. The molecular formula is C15H17Cl2N3O. The second-order valence-corrected chi connectivity index (χ2v) is 6.13. The topological polar surface area (TPSA) is 46.9 Å². The molecule has 0 bridgehead atoms. The first-order chi connectivity index (χ1) is 10.2. The number of carbonyl (C=O) groups is 1. The van der Waals surface area contributed by atoms with Crippen molar-refractivity contribution in [1.82, 2.24) is 14.9 Å². The number of aryl methyl sites for hydroxylation is 1. The summed E-state index contributed by atoms with van der Waals surface area (Å²) in [5.74, 6) is 1.86. The fourth-order valence-electron chi connectivity index (χ4n) is 2.46. The van der Waals surface area contributed by atoms with E-state index in [1.165, 1.54) is 0 Å². The number of nitrogens with zero attached hydrogens (tertiary/aromatic N) is 2. The fourth-order valence-corrected chi connectivity index (χ4v) is 2.79. The monoisotopic (exact) mass is 325 g/mol. The van der Waals surface area contributed by atoms with Gasteiger partial charge in [-0.15, -0.1) is 11.6 Å². The highest BCUT2D eigenvalue weighted by atomic mass is 35.5. The van der Waals surface area contributed by atoms with Crippen molar-refractivity contribution in [3.05, 3.63) is 29.0 Å². The van der Waals surface area contributed by atoms with Crippen molar-refractivity contribution in [2.24, 2.45) is 5.92 Å². The smallest absolute Gasteiger partial charge is 0.223 e. The zero-order valence-corrected chi connectivity index (χ0v) is 13.1. The van der Waals surface area contributed by atoms with Gasteiger partial charge < -0.3 is 9.88 Å². The molecular weight excluding hydrogens is 309 g/mol. The van der Waals surface area contributed by atoms with Crippen LogP contribution in [0.3, 0.4) is 0 Å². The molecule has 1 N–H and O–H groups in total. The first-order valence-corrected chi connectivity index (χ1v) is 8.08.